The van der Waals surface area contributed by atoms with Gasteiger partial charge in [0.15, 0.2) is 10.6 Å². The molecule has 1 N–H and O–H groups in total. The fourth-order valence-corrected chi connectivity index (χ4v) is 3.47. The van der Waals surface area contributed by atoms with Crippen LogP contribution < -0.4 is 0 Å². The Morgan fingerprint density at radius 3 is 2.65 bits per heavy atom. The summed E-state index contributed by atoms with van der Waals surface area (Å²) in [7, 11) is 0. The van der Waals surface area contributed by atoms with Crippen LogP contribution in [0.25, 0.3) is 11.4 Å². The summed E-state index contributed by atoms with van der Waals surface area (Å²) >= 11 is 5.43. The average molecular weight is 288 g/mol. The van der Waals surface area contributed by atoms with Gasteiger partial charge in [0.05, 0.1) is 0 Å². The van der Waals surface area contributed by atoms with E-state index >= 15 is 0 Å². The maximum absolute atomic E-state index is 5.43. The van der Waals surface area contributed by atoms with Gasteiger partial charge in [-0.1, -0.05) is 19.8 Å². The van der Waals surface area contributed by atoms with E-state index < -0.39 is 0 Å². The van der Waals surface area contributed by atoms with Crippen LogP contribution in [-0.4, -0.2) is 19.7 Å². The SMILES string of the molecule is CCC1(Cn2c(-c3ccncc3)n[nH]c2=S)CCCC1. The lowest BCUT2D eigenvalue weighted by Gasteiger charge is -2.28. The second-order valence-electron chi connectivity index (χ2n) is 5.74. The molecule has 1 aliphatic carbocycles. The number of H-pyrrole nitrogens is 1. The molecule has 20 heavy (non-hydrogen) atoms. The van der Waals surface area contributed by atoms with E-state index in [1.54, 1.807) is 12.4 Å². The van der Waals surface area contributed by atoms with Crippen LogP contribution in [0.4, 0.5) is 0 Å². The lowest BCUT2D eigenvalue weighted by atomic mass is 9.83. The van der Waals surface area contributed by atoms with Crippen LogP contribution in [-0.2, 0) is 6.54 Å². The first-order valence-corrected chi connectivity index (χ1v) is 7.70. The molecular weight excluding hydrogens is 268 g/mol. The first-order valence-electron chi connectivity index (χ1n) is 7.30. The molecule has 3 rings (SSSR count). The van der Waals surface area contributed by atoms with Gasteiger partial charge >= 0.3 is 0 Å². The predicted octanol–water partition coefficient (Wildman–Crippen LogP) is 3.97. The maximum atomic E-state index is 5.43. The zero-order valence-corrected chi connectivity index (χ0v) is 12.6. The summed E-state index contributed by atoms with van der Waals surface area (Å²) in [6.07, 6.45) is 10.1. The molecule has 106 valence electrons. The Bertz CT molecular complexity index is 623. The third-order valence-corrected chi connectivity index (χ3v) is 4.92. The van der Waals surface area contributed by atoms with Gasteiger partial charge in [0.2, 0.25) is 0 Å². The quantitative estimate of drug-likeness (QED) is 0.866. The molecule has 4 nitrogen and oxygen atoms in total. The van der Waals surface area contributed by atoms with Gasteiger partial charge in [-0.3, -0.25) is 14.6 Å². The molecule has 0 aliphatic heterocycles. The minimum absolute atomic E-state index is 0.393. The number of pyridine rings is 1. The molecule has 0 amide bonds. The Kier molecular flexibility index (Phi) is 3.70. The average Bonchev–Trinajstić information content (AvgIpc) is 3.09. The van der Waals surface area contributed by atoms with Crippen molar-refractivity contribution in [2.24, 2.45) is 5.41 Å². The highest BCUT2D eigenvalue weighted by Crippen LogP contribution is 2.42. The molecule has 0 radical (unpaired) electrons. The van der Waals surface area contributed by atoms with Crippen LogP contribution in [0.3, 0.4) is 0 Å². The summed E-state index contributed by atoms with van der Waals surface area (Å²) in [5, 5.41) is 7.36. The van der Waals surface area contributed by atoms with Crippen molar-refractivity contribution in [3.8, 4) is 11.4 Å². The van der Waals surface area contributed by atoms with Crippen molar-refractivity contribution in [2.75, 3.05) is 0 Å². The van der Waals surface area contributed by atoms with Crippen molar-refractivity contribution < 1.29 is 0 Å². The van der Waals surface area contributed by atoms with Crippen LogP contribution in [0.2, 0.25) is 0 Å². The van der Waals surface area contributed by atoms with Gasteiger partial charge in [0, 0.05) is 24.5 Å². The van der Waals surface area contributed by atoms with Gasteiger partial charge in [-0.2, -0.15) is 5.10 Å². The molecule has 0 atom stereocenters. The van der Waals surface area contributed by atoms with Gasteiger partial charge in [0.25, 0.3) is 0 Å². The summed E-state index contributed by atoms with van der Waals surface area (Å²) in [6.45, 7) is 3.26. The Labute approximate surface area is 124 Å². The summed E-state index contributed by atoms with van der Waals surface area (Å²) in [5.41, 5.74) is 1.46. The Balaban J connectivity index is 1.98. The van der Waals surface area contributed by atoms with Crippen LogP contribution in [0.15, 0.2) is 24.5 Å². The fraction of sp³-hybridized carbons (Fsp3) is 0.533. The molecule has 2 heterocycles. The van der Waals surface area contributed by atoms with Crippen molar-refractivity contribution in [2.45, 2.75) is 45.6 Å². The molecular formula is C15H20N4S. The standard InChI is InChI=1S/C15H20N4S/c1-2-15(7-3-4-8-15)11-19-13(17-18-14(19)20)12-5-9-16-10-6-12/h5-6,9-10H,2-4,7-8,11H2,1H3,(H,18,20). The van der Waals surface area contributed by atoms with Crippen molar-refractivity contribution >= 4 is 12.2 Å². The molecule has 1 aliphatic rings. The number of nitrogens with one attached hydrogen (secondary N) is 1. The maximum Gasteiger partial charge on any atom is 0.195 e. The second kappa shape index (κ2) is 5.48. The Morgan fingerprint density at radius 1 is 1.30 bits per heavy atom. The number of nitrogens with zero attached hydrogens (tertiary/aromatic N) is 3. The van der Waals surface area contributed by atoms with Gasteiger partial charge < -0.3 is 0 Å². The van der Waals surface area contributed by atoms with Gasteiger partial charge in [-0.05, 0) is 49.0 Å². The topological polar surface area (TPSA) is 46.5 Å². The van der Waals surface area contributed by atoms with Crippen LogP contribution in [0.1, 0.15) is 39.0 Å². The molecule has 0 spiro atoms. The third-order valence-electron chi connectivity index (χ3n) is 4.60. The first-order chi connectivity index (χ1) is 9.74. The van der Waals surface area contributed by atoms with Crippen molar-refractivity contribution in [1.82, 2.24) is 19.7 Å². The van der Waals surface area contributed by atoms with E-state index in [-0.39, 0.29) is 0 Å². The van der Waals surface area contributed by atoms with Gasteiger partial charge in [-0.15, -0.1) is 0 Å². The van der Waals surface area contributed by atoms with Gasteiger partial charge in [0.1, 0.15) is 0 Å². The summed E-state index contributed by atoms with van der Waals surface area (Å²) in [5.74, 6) is 0.928. The van der Waals surface area contributed by atoms with Gasteiger partial charge in [-0.25, -0.2) is 0 Å². The number of rotatable bonds is 4. The molecule has 0 unspecified atom stereocenters. The van der Waals surface area contributed by atoms with E-state index in [9.17, 15) is 0 Å². The fourth-order valence-electron chi connectivity index (χ4n) is 3.27. The van der Waals surface area contributed by atoms with Crippen molar-refractivity contribution in [3.05, 3.63) is 29.3 Å². The zero-order valence-electron chi connectivity index (χ0n) is 11.8. The highest BCUT2D eigenvalue weighted by Gasteiger charge is 2.33. The Morgan fingerprint density at radius 2 is 2.00 bits per heavy atom. The number of hydrogen-bond acceptors (Lipinski definition) is 3. The minimum atomic E-state index is 0.393. The van der Waals surface area contributed by atoms with E-state index in [0.29, 0.717) is 5.41 Å². The van der Waals surface area contributed by atoms with Crippen LogP contribution in [0.5, 0.6) is 0 Å². The molecule has 2 aromatic heterocycles. The second-order valence-corrected chi connectivity index (χ2v) is 6.12. The normalized spacial score (nSPS) is 17.4. The van der Waals surface area contributed by atoms with E-state index in [1.165, 1.54) is 32.1 Å². The molecule has 0 bridgehead atoms. The molecule has 0 saturated heterocycles. The minimum Gasteiger partial charge on any atom is -0.300 e. The summed E-state index contributed by atoms with van der Waals surface area (Å²) in [4.78, 5) is 4.07. The number of aromatic nitrogens is 4. The van der Waals surface area contributed by atoms with E-state index in [2.05, 4.69) is 26.7 Å². The molecule has 1 saturated carbocycles. The van der Waals surface area contributed by atoms with E-state index in [1.807, 2.05) is 12.1 Å². The molecule has 0 aromatic carbocycles. The van der Waals surface area contributed by atoms with Crippen LogP contribution >= 0.6 is 12.2 Å². The predicted molar refractivity (Wildman–Crippen MR) is 81.8 cm³/mol. The van der Waals surface area contributed by atoms with Crippen molar-refractivity contribution in [3.63, 3.8) is 0 Å². The zero-order chi connectivity index (χ0) is 14.0. The number of hydrogen-bond donors (Lipinski definition) is 1. The van der Waals surface area contributed by atoms with Crippen molar-refractivity contribution in [1.29, 1.82) is 0 Å². The number of aromatic amines is 1. The van der Waals surface area contributed by atoms with E-state index in [0.717, 1.165) is 22.7 Å². The van der Waals surface area contributed by atoms with Crippen LogP contribution in [0, 0.1) is 10.2 Å². The first kappa shape index (κ1) is 13.5. The molecule has 1 fully saturated rings. The summed E-state index contributed by atoms with van der Waals surface area (Å²) < 4.78 is 2.89. The molecule has 2 aromatic rings. The third kappa shape index (κ3) is 2.42. The smallest absolute Gasteiger partial charge is 0.195 e. The largest absolute Gasteiger partial charge is 0.300 e. The molecule has 5 heteroatoms. The lowest BCUT2D eigenvalue weighted by Crippen LogP contribution is -2.23. The van der Waals surface area contributed by atoms with E-state index in [4.69, 9.17) is 12.2 Å². The highest BCUT2D eigenvalue weighted by atomic mass is 32.1. The Hall–Kier alpha value is -1.49. The highest BCUT2D eigenvalue weighted by molar-refractivity contribution is 7.71. The lowest BCUT2D eigenvalue weighted by molar-refractivity contribution is 0.237. The monoisotopic (exact) mass is 288 g/mol. The summed E-state index contributed by atoms with van der Waals surface area (Å²) in [6, 6.07) is 3.96.